The molecule has 0 bridgehead atoms. The molecule has 0 unspecified atom stereocenters. The molecule has 9 heteroatoms. The zero-order valence-corrected chi connectivity index (χ0v) is 18.6. The number of aryl methyl sites for hydroxylation is 1. The van der Waals surface area contributed by atoms with Crippen LogP contribution in [-0.4, -0.2) is 57.7 Å². The molecule has 9 nitrogen and oxygen atoms in total. The van der Waals surface area contributed by atoms with Gasteiger partial charge in [0.05, 0.1) is 29.9 Å². The smallest absolute Gasteiger partial charge is 0.259 e. The Morgan fingerprint density at radius 3 is 2.50 bits per heavy atom. The van der Waals surface area contributed by atoms with Crippen LogP contribution in [0.25, 0.3) is 11.0 Å². The van der Waals surface area contributed by atoms with Crippen molar-refractivity contribution in [3.8, 4) is 5.75 Å². The predicted octanol–water partition coefficient (Wildman–Crippen LogP) is 3.13. The summed E-state index contributed by atoms with van der Waals surface area (Å²) in [4.78, 5) is 31.2. The van der Waals surface area contributed by atoms with Crippen molar-refractivity contribution < 1.29 is 14.3 Å². The van der Waals surface area contributed by atoms with Gasteiger partial charge in [0.25, 0.3) is 5.91 Å². The first-order chi connectivity index (χ1) is 15.5. The van der Waals surface area contributed by atoms with Crippen LogP contribution in [0.4, 0.5) is 11.4 Å². The SMILES string of the molecule is CCn1ncc2c(NC3CCN(C(C)=O)CC3)c(C(=O)Nc3ccc(OC)cc3)cnc21. The molecule has 1 aromatic carbocycles. The molecule has 4 rings (SSSR count). The number of fused-ring (bicyclic) bond motifs is 1. The Morgan fingerprint density at radius 2 is 1.88 bits per heavy atom. The number of amides is 2. The lowest BCUT2D eigenvalue weighted by Crippen LogP contribution is -2.41. The van der Waals surface area contributed by atoms with E-state index in [0.717, 1.165) is 35.3 Å². The third-order valence-electron chi connectivity index (χ3n) is 5.85. The molecule has 0 saturated carbocycles. The summed E-state index contributed by atoms with van der Waals surface area (Å²) in [5.74, 6) is 0.563. The van der Waals surface area contributed by atoms with E-state index in [1.807, 2.05) is 16.5 Å². The Balaban J connectivity index is 1.62. The summed E-state index contributed by atoms with van der Waals surface area (Å²) in [6.07, 6.45) is 4.97. The molecule has 2 amide bonds. The quantitative estimate of drug-likeness (QED) is 0.616. The summed E-state index contributed by atoms with van der Waals surface area (Å²) in [6, 6.07) is 7.33. The Hall–Kier alpha value is -3.62. The first kappa shape index (κ1) is 21.6. The van der Waals surface area contributed by atoms with Gasteiger partial charge in [-0.25, -0.2) is 9.67 Å². The van der Waals surface area contributed by atoms with Gasteiger partial charge in [-0.2, -0.15) is 5.10 Å². The third-order valence-corrected chi connectivity index (χ3v) is 5.85. The summed E-state index contributed by atoms with van der Waals surface area (Å²) in [5, 5.41) is 11.7. The van der Waals surface area contributed by atoms with Gasteiger partial charge in [-0.05, 0) is 44.0 Å². The number of hydrogen-bond donors (Lipinski definition) is 2. The highest BCUT2D eigenvalue weighted by Gasteiger charge is 2.24. The van der Waals surface area contributed by atoms with Crippen molar-refractivity contribution in [3.05, 3.63) is 42.2 Å². The third kappa shape index (κ3) is 4.37. The number of nitrogens with zero attached hydrogens (tertiary/aromatic N) is 4. The number of likely N-dealkylation sites (tertiary alicyclic amines) is 1. The van der Waals surface area contributed by atoms with Crippen LogP contribution in [0, 0.1) is 0 Å². The van der Waals surface area contributed by atoms with Crippen molar-refractivity contribution in [1.82, 2.24) is 19.7 Å². The number of pyridine rings is 1. The van der Waals surface area contributed by atoms with Crippen molar-refractivity contribution >= 4 is 34.2 Å². The van der Waals surface area contributed by atoms with Crippen LogP contribution in [0.2, 0.25) is 0 Å². The maximum Gasteiger partial charge on any atom is 0.259 e. The first-order valence-corrected chi connectivity index (χ1v) is 10.8. The number of ether oxygens (including phenoxy) is 1. The minimum atomic E-state index is -0.252. The Labute approximate surface area is 186 Å². The van der Waals surface area contributed by atoms with Gasteiger partial charge in [0.1, 0.15) is 5.75 Å². The number of benzene rings is 1. The van der Waals surface area contributed by atoms with E-state index < -0.39 is 0 Å². The molecule has 2 N–H and O–H groups in total. The highest BCUT2D eigenvalue weighted by molar-refractivity contribution is 6.12. The molecule has 0 atom stereocenters. The number of methoxy groups -OCH3 is 1. The standard InChI is InChI=1S/C23H28N6O3/c1-4-29-22-19(14-25-29)21(26-17-9-11-28(12-10-17)15(2)30)20(13-24-22)23(31)27-16-5-7-18(32-3)8-6-16/h5-8,13-14,17H,4,9-12H2,1-3H3,(H,24,26)(H,27,31). The first-order valence-electron chi connectivity index (χ1n) is 10.8. The number of aromatic nitrogens is 3. The predicted molar refractivity (Wildman–Crippen MR) is 123 cm³/mol. The fraction of sp³-hybridized carbons (Fsp3) is 0.391. The number of rotatable bonds is 6. The van der Waals surface area contributed by atoms with Crippen molar-refractivity contribution in [1.29, 1.82) is 0 Å². The zero-order chi connectivity index (χ0) is 22.7. The molecule has 32 heavy (non-hydrogen) atoms. The van der Waals surface area contributed by atoms with Gasteiger partial charge in [-0.15, -0.1) is 0 Å². The molecule has 1 saturated heterocycles. The van der Waals surface area contributed by atoms with Crippen molar-refractivity contribution in [2.75, 3.05) is 30.8 Å². The zero-order valence-electron chi connectivity index (χ0n) is 18.6. The van der Waals surface area contributed by atoms with Gasteiger partial charge in [0.2, 0.25) is 5.91 Å². The Bertz CT molecular complexity index is 1120. The summed E-state index contributed by atoms with van der Waals surface area (Å²) in [6.45, 7) is 5.68. The van der Waals surface area contributed by atoms with Crippen LogP contribution in [0.15, 0.2) is 36.7 Å². The largest absolute Gasteiger partial charge is 0.497 e. The van der Waals surface area contributed by atoms with E-state index in [0.29, 0.717) is 30.9 Å². The molecule has 2 aromatic heterocycles. The van der Waals surface area contributed by atoms with Crippen LogP contribution in [-0.2, 0) is 11.3 Å². The van der Waals surface area contributed by atoms with Crippen LogP contribution < -0.4 is 15.4 Å². The van der Waals surface area contributed by atoms with Gasteiger partial charge in [0.15, 0.2) is 5.65 Å². The van der Waals surface area contributed by atoms with Crippen LogP contribution in [0.3, 0.4) is 0 Å². The molecule has 1 aliphatic heterocycles. The maximum absolute atomic E-state index is 13.2. The molecule has 0 spiro atoms. The van der Waals surface area contributed by atoms with E-state index in [4.69, 9.17) is 4.74 Å². The second-order valence-electron chi connectivity index (χ2n) is 7.85. The van der Waals surface area contributed by atoms with E-state index in [9.17, 15) is 9.59 Å². The van der Waals surface area contributed by atoms with Gasteiger partial charge in [-0.3, -0.25) is 9.59 Å². The molecule has 3 heterocycles. The highest BCUT2D eigenvalue weighted by Crippen LogP contribution is 2.29. The summed E-state index contributed by atoms with van der Waals surface area (Å²) in [5.41, 5.74) is 2.58. The summed E-state index contributed by atoms with van der Waals surface area (Å²) < 4.78 is 6.99. The van der Waals surface area contributed by atoms with Crippen molar-refractivity contribution in [2.45, 2.75) is 39.3 Å². The maximum atomic E-state index is 13.2. The highest BCUT2D eigenvalue weighted by atomic mass is 16.5. The van der Waals surface area contributed by atoms with Crippen LogP contribution in [0.1, 0.15) is 37.0 Å². The van der Waals surface area contributed by atoms with Gasteiger partial charge >= 0.3 is 0 Å². The van der Waals surface area contributed by atoms with Gasteiger partial charge in [-0.1, -0.05) is 0 Å². The molecule has 0 radical (unpaired) electrons. The number of carbonyl (C=O) groups is 2. The lowest BCUT2D eigenvalue weighted by atomic mass is 10.0. The lowest BCUT2D eigenvalue weighted by Gasteiger charge is -2.32. The van der Waals surface area contributed by atoms with E-state index in [1.165, 1.54) is 0 Å². The average Bonchev–Trinajstić information content (AvgIpc) is 3.23. The Morgan fingerprint density at radius 1 is 1.16 bits per heavy atom. The minimum Gasteiger partial charge on any atom is -0.497 e. The van der Waals surface area contributed by atoms with Gasteiger partial charge in [0, 0.05) is 44.5 Å². The average molecular weight is 437 g/mol. The van der Waals surface area contributed by atoms with Crippen LogP contribution >= 0.6 is 0 Å². The number of carbonyl (C=O) groups excluding carboxylic acids is 2. The minimum absolute atomic E-state index is 0.0959. The molecule has 3 aromatic rings. The molecular weight excluding hydrogens is 408 g/mol. The number of anilines is 2. The van der Waals surface area contributed by atoms with Crippen LogP contribution in [0.5, 0.6) is 5.75 Å². The second kappa shape index (κ2) is 9.25. The summed E-state index contributed by atoms with van der Waals surface area (Å²) in [7, 11) is 1.60. The molecule has 168 valence electrons. The monoisotopic (exact) mass is 436 g/mol. The van der Waals surface area contributed by atoms with E-state index in [-0.39, 0.29) is 17.9 Å². The van der Waals surface area contributed by atoms with E-state index in [2.05, 4.69) is 20.7 Å². The number of nitrogens with one attached hydrogen (secondary N) is 2. The molecule has 1 fully saturated rings. The Kier molecular flexibility index (Phi) is 6.25. The van der Waals surface area contributed by atoms with Crippen molar-refractivity contribution in [3.63, 3.8) is 0 Å². The lowest BCUT2D eigenvalue weighted by molar-refractivity contribution is -0.129. The molecular formula is C23H28N6O3. The fourth-order valence-electron chi connectivity index (χ4n) is 4.00. The van der Waals surface area contributed by atoms with E-state index in [1.54, 1.807) is 50.7 Å². The van der Waals surface area contributed by atoms with Crippen molar-refractivity contribution in [2.24, 2.45) is 0 Å². The summed E-state index contributed by atoms with van der Waals surface area (Å²) >= 11 is 0. The number of piperidine rings is 1. The topological polar surface area (TPSA) is 101 Å². The fourth-order valence-corrected chi connectivity index (χ4v) is 4.00. The second-order valence-corrected chi connectivity index (χ2v) is 7.85. The normalized spacial score (nSPS) is 14.4. The molecule has 1 aliphatic rings. The number of hydrogen-bond acceptors (Lipinski definition) is 6. The molecule has 0 aliphatic carbocycles. The van der Waals surface area contributed by atoms with E-state index >= 15 is 0 Å². The van der Waals surface area contributed by atoms with Gasteiger partial charge < -0.3 is 20.3 Å².